The third-order valence-electron chi connectivity index (χ3n) is 2.92. The Morgan fingerprint density at radius 3 is 2.94 bits per heavy atom. The molecule has 1 fully saturated rings. The molecule has 1 aromatic rings. The minimum atomic E-state index is -0.865. The lowest BCUT2D eigenvalue weighted by Crippen LogP contribution is -2.44. The van der Waals surface area contributed by atoms with E-state index in [9.17, 15) is 4.79 Å². The van der Waals surface area contributed by atoms with Crippen LogP contribution in [0.2, 0.25) is 0 Å². The van der Waals surface area contributed by atoms with Crippen LogP contribution < -0.4 is 0 Å². The fourth-order valence-corrected chi connectivity index (χ4v) is 1.96. The molecular weight excluding hydrogens is 230 g/mol. The van der Waals surface area contributed by atoms with Crippen LogP contribution in [0.5, 0.6) is 0 Å². The topological polar surface area (TPSA) is 49.8 Å². The molecule has 96 valence electrons. The van der Waals surface area contributed by atoms with Gasteiger partial charge in [0, 0.05) is 6.54 Å². The van der Waals surface area contributed by atoms with Crippen molar-refractivity contribution in [3.05, 3.63) is 42.0 Å². The van der Waals surface area contributed by atoms with E-state index in [0.717, 1.165) is 12.0 Å². The molecule has 1 aromatic carbocycles. The Bertz CT molecular complexity index is 416. The zero-order valence-electron chi connectivity index (χ0n) is 10.2. The molecule has 18 heavy (non-hydrogen) atoms. The highest BCUT2D eigenvalue weighted by Crippen LogP contribution is 2.11. The number of benzene rings is 1. The highest BCUT2D eigenvalue weighted by molar-refractivity contribution is 5.65. The van der Waals surface area contributed by atoms with Crippen molar-refractivity contribution >= 4 is 12.2 Å². The first-order chi connectivity index (χ1) is 8.75. The molecule has 1 heterocycles. The summed E-state index contributed by atoms with van der Waals surface area (Å²) in [6.45, 7) is 1.40. The Labute approximate surface area is 106 Å². The lowest BCUT2D eigenvalue weighted by Gasteiger charge is -2.30. The van der Waals surface area contributed by atoms with Crippen molar-refractivity contribution in [2.24, 2.45) is 0 Å². The summed E-state index contributed by atoms with van der Waals surface area (Å²) in [5.41, 5.74) is 1.14. The van der Waals surface area contributed by atoms with E-state index in [4.69, 9.17) is 9.84 Å². The van der Waals surface area contributed by atoms with Crippen LogP contribution in [0.25, 0.3) is 6.08 Å². The van der Waals surface area contributed by atoms with E-state index in [2.05, 4.69) is 0 Å². The molecule has 1 N–H and O–H groups in total. The van der Waals surface area contributed by atoms with E-state index in [-0.39, 0.29) is 6.10 Å². The van der Waals surface area contributed by atoms with Gasteiger partial charge < -0.3 is 14.7 Å². The van der Waals surface area contributed by atoms with Gasteiger partial charge in [-0.25, -0.2) is 4.79 Å². The van der Waals surface area contributed by atoms with E-state index in [0.29, 0.717) is 19.7 Å². The number of carbonyl (C=O) groups is 1. The number of nitrogens with zero attached hydrogens (tertiary/aromatic N) is 1. The van der Waals surface area contributed by atoms with Gasteiger partial charge in [-0.15, -0.1) is 0 Å². The first-order valence-corrected chi connectivity index (χ1v) is 6.07. The molecule has 0 spiro atoms. The van der Waals surface area contributed by atoms with Crippen LogP contribution in [0.1, 0.15) is 12.0 Å². The smallest absolute Gasteiger partial charge is 0.407 e. The predicted octanol–water partition coefficient (Wildman–Crippen LogP) is 2.47. The number of carboxylic acid groups (broad SMARTS) is 1. The molecule has 1 atom stereocenters. The summed E-state index contributed by atoms with van der Waals surface area (Å²) in [6, 6.07) is 10.0. The van der Waals surface area contributed by atoms with Gasteiger partial charge in [0.2, 0.25) is 0 Å². The number of ether oxygens (including phenoxy) is 1. The van der Waals surface area contributed by atoms with Crippen molar-refractivity contribution in [2.75, 3.05) is 19.7 Å². The second-order valence-corrected chi connectivity index (χ2v) is 4.27. The second-order valence-electron chi connectivity index (χ2n) is 4.27. The summed E-state index contributed by atoms with van der Waals surface area (Å²) < 4.78 is 5.54. The highest BCUT2D eigenvalue weighted by Gasteiger charge is 2.22. The van der Waals surface area contributed by atoms with Gasteiger partial charge in [-0.05, 0) is 12.0 Å². The zero-order chi connectivity index (χ0) is 12.8. The van der Waals surface area contributed by atoms with E-state index in [1.165, 1.54) is 4.90 Å². The minimum absolute atomic E-state index is 0.0326. The van der Waals surface area contributed by atoms with Gasteiger partial charge in [0.15, 0.2) is 0 Å². The molecule has 4 nitrogen and oxygen atoms in total. The SMILES string of the molecule is O=C(O)N1CCOC(CC=Cc2ccccc2)C1. The Hall–Kier alpha value is -1.81. The molecule has 2 rings (SSSR count). The third kappa shape index (κ3) is 3.60. The number of rotatable bonds is 3. The first kappa shape index (κ1) is 12.6. The van der Waals surface area contributed by atoms with E-state index < -0.39 is 6.09 Å². The second kappa shape index (κ2) is 6.21. The molecule has 0 radical (unpaired) electrons. The third-order valence-corrected chi connectivity index (χ3v) is 2.92. The maximum Gasteiger partial charge on any atom is 0.407 e. The molecule has 4 heteroatoms. The fourth-order valence-electron chi connectivity index (χ4n) is 1.96. The monoisotopic (exact) mass is 247 g/mol. The van der Waals surface area contributed by atoms with Crippen LogP contribution >= 0.6 is 0 Å². The van der Waals surface area contributed by atoms with Crippen molar-refractivity contribution in [1.82, 2.24) is 4.90 Å². The standard InChI is InChI=1S/C14H17NO3/c16-14(17)15-9-10-18-13(11-15)8-4-7-12-5-2-1-3-6-12/h1-7,13H,8-11H2,(H,16,17). The van der Waals surface area contributed by atoms with Crippen molar-refractivity contribution in [1.29, 1.82) is 0 Å². The van der Waals surface area contributed by atoms with Crippen molar-refractivity contribution in [3.8, 4) is 0 Å². The largest absolute Gasteiger partial charge is 0.465 e. The van der Waals surface area contributed by atoms with Crippen molar-refractivity contribution in [2.45, 2.75) is 12.5 Å². The summed E-state index contributed by atoms with van der Waals surface area (Å²) in [5, 5.41) is 8.91. The number of amides is 1. The van der Waals surface area contributed by atoms with Crippen molar-refractivity contribution < 1.29 is 14.6 Å². The minimum Gasteiger partial charge on any atom is -0.465 e. The molecule has 1 aliphatic heterocycles. The highest BCUT2D eigenvalue weighted by atomic mass is 16.5. The van der Waals surface area contributed by atoms with Gasteiger partial charge in [0.25, 0.3) is 0 Å². The predicted molar refractivity (Wildman–Crippen MR) is 69.4 cm³/mol. The van der Waals surface area contributed by atoms with Crippen LogP contribution in [-0.4, -0.2) is 41.9 Å². The fraction of sp³-hybridized carbons (Fsp3) is 0.357. The summed E-state index contributed by atoms with van der Waals surface area (Å²) >= 11 is 0. The van der Waals surface area contributed by atoms with E-state index in [1.54, 1.807) is 0 Å². The Morgan fingerprint density at radius 2 is 2.22 bits per heavy atom. The van der Waals surface area contributed by atoms with Gasteiger partial charge in [0.05, 0.1) is 19.3 Å². The van der Waals surface area contributed by atoms with Crippen LogP contribution in [0.3, 0.4) is 0 Å². The quantitative estimate of drug-likeness (QED) is 0.892. The molecule has 0 bridgehead atoms. The lowest BCUT2D eigenvalue weighted by atomic mass is 10.1. The average molecular weight is 247 g/mol. The van der Waals surface area contributed by atoms with Crippen LogP contribution in [0, 0.1) is 0 Å². The number of hydrogen-bond acceptors (Lipinski definition) is 2. The summed E-state index contributed by atoms with van der Waals surface area (Å²) in [4.78, 5) is 12.3. The molecule has 0 aromatic heterocycles. The van der Waals surface area contributed by atoms with E-state index >= 15 is 0 Å². The normalized spacial score (nSPS) is 20.2. The summed E-state index contributed by atoms with van der Waals surface area (Å²) in [6.07, 6.45) is 3.90. The molecule has 0 aliphatic carbocycles. The number of morpholine rings is 1. The van der Waals surface area contributed by atoms with Gasteiger partial charge in [-0.3, -0.25) is 0 Å². The maximum absolute atomic E-state index is 10.8. The van der Waals surface area contributed by atoms with Crippen molar-refractivity contribution in [3.63, 3.8) is 0 Å². The zero-order valence-corrected chi connectivity index (χ0v) is 10.2. The van der Waals surface area contributed by atoms with Crippen LogP contribution in [-0.2, 0) is 4.74 Å². The van der Waals surface area contributed by atoms with Crippen LogP contribution in [0.15, 0.2) is 36.4 Å². The Balaban J connectivity index is 1.83. The molecule has 1 saturated heterocycles. The lowest BCUT2D eigenvalue weighted by molar-refractivity contribution is -0.0197. The first-order valence-electron chi connectivity index (χ1n) is 6.07. The van der Waals surface area contributed by atoms with E-state index in [1.807, 2.05) is 42.5 Å². The molecule has 1 aliphatic rings. The Morgan fingerprint density at radius 1 is 1.44 bits per heavy atom. The molecule has 1 unspecified atom stereocenters. The van der Waals surface area contributed by atoms with Crippen LogP contribution in [0.4, 0.5) is 4.79 Å². The molecule has 0 saturated carbocycles. The average Bonchev–Trinajstić information content (AvgIpc) is 2.40. The maximum atomic E-state index is 10.8. The number of hydrogen-bond donors (Lipinski definition) is 1. The molecule has 1 amide bonds. The van der Waals surface area contributed by atoms with Gasteiger partial charge in [-0.1, -0.05) is 42.5 Å². The van der Waals surface area contributed by atoms with Gasteiger partial charge >= 0.3 is 6.09 Å². The summed E-state index contributed by atoms with van der Waals surface area (Å²) in [5.74, 6) is 0. The summed E-state index contributed by atoms with van der Waals surface area (Å²) in [7, 11) is 0. The molecular formula is C14H17NO3. The van der Waals surface area contributed by atoms with Gasteiger partial charge in [0.1, 0.15) is 0 Å². The van der Waals surface area contributed by atoms with Gasteiger partial charge in [-0.2, -0.15) is 0 Å². The Kier molecular flexibility index (Phi) is 4.36.